The van der Waals surface area contributed by atoms with Crippen LogP contribution >= 0.6 is 0 Å². The monoisotopic (exact) mass is 286 g/mol. The Bertz CT molecular complexity index is 670. The summed E-state index contributed by atoms with van der Waals surface area (Å²) < 4.78 is 0. The first-order chi connectivity index (χ1) is 10.2. The van der Waals surface area contributed by atoms with Crippen LogP contribution in [0.25, 0.3) is 10.9 Å². The van der Waals surface area contributed by atoms with Gasteiger partial charge in [-0.15, -0.1) is 0 Å². The van der Waals surface area contributed by atoms with Gasteiger partial charge in [0.15, 0.2) is 5.84 Å². The Morgan fingerprint density at radius 1 is 1.43 bits per heavy atom. The molecule has 0 fully saturated rings. The summed E-state index contributed by atoms with van der Waals surface area (Å²) in [7, 11) is 0. The molecule has 6 heteroatoms. The smallest absolute Gasteiger partial charge is 0.254 e. The summed E-state index contributed by atoms with van der Waals surface area (Å²) in [5.74, 6) is -0.131. The van der Waals surface area contributed by atoms with Gasteiger partial charge in [0.1, 0.15) is 0 Å². The predicted molar refractivity (Wildman–Crippen MR) is 81.3 cm³/mol. The Morgan fingerprint density at radius 2 is 2.24 bits per heavy atom. The van der Waals surface area contributed by atoms with Crippen LogP contribution in [-0.4, -0.2) is 39.9 Å². The van der Waals surface area contributed by atoms with E-state index in [0.29, 0.717) is 12.1 Å². The highest BCUT2D eigenvalue weighted by Crippen LogP contribution is 2.15. The summed E-state index contributed by atoms with van der Waals surface area (Å²) in [6.45, 7) is 2.62. The zero-order chi connectivity index (χ0) is 15.2. The third kappa shape index (κ3) is 3.47. The van der Waals surface area contributed by atoms with Crippen molar-refractivity contribution in [3.05, 3.63) is 42.1 Å². The summed E-state index contributed by atoms with van der Waals surface area (Å²) in [5, 5.41) is 12.5. The van der Waals surface area contributed by atoms with E-state index in [2.05, 4.69) is 10.1 Å². The van der Waals surface area contributed by atoms with Gasteiger partial charge in [-0.05, 0) is 30.7 Å². The Kier molecular flexibility index (Phi) is 4.71. The van der Waals surface area contributed by atoms with Crippen LogP contribution in [0.1, 0.15) is 23.7 Å². The van der Waals surface area contributed by atoms with Crippen LogP contribution in [0, 0.1) is 0 Å². The van der Waals surface area contributed by atoms with E-state index < -0.39 is 0 Å². The second-order valence-corrected chi connectivity index (χ2v) is 4.73. The number of oxime groups is 1. The number of benzene rings is 1. The number of nitrogens with two attached hydrogens (primary N) is 1. The van der Waals surface area contributed by atoms with Gasteiger partial charge in [0, 0.05) is 23.7 Å². The highest BCUT2D eigenvalue weighted by molar-refractivity contribution is 5.99. The van der Waals surface area contributed by atoms with Crippen molar-refractivity contribution in [3.63, 3.8) is 0 Å². The molecule has 0 aliphatic carbocycles. The topological polar surface area (TPSA) is 91.8 Å². The number of pyridine rings is 1. The SMILES string of the molecule is CCCN(CC(N)=NO)C(=O)c1ccc2ncccc2c1. The largest absolute Gasteiger partial charge is 0.409 e. The Morgan fingerprint density at radius 3 is 2.95 bits per heavy atom. The molecule has 110 valence electrons. The molecule has 0 atom stereocenters. The van der Waals surface area contributed by atoms with Crippen LogP contribution in [0.4, 0.5) is 0 Å². The quantitative estimate of drug-likeness (QED) is 0.379. The molecule has 1 heterocycles. The van der Waals surface area contributed by atoms with Gasteiger partial charge in [-0.2, -0.15) is 0 Å². The fourth-order valence-electron chi connectivity index (χ4n) is 2.14. The number of aromatic nitrogens is 1. The maximum Gasteiger partial charge on any atom is 0.254 e. The molecule has 21 heavy (non-hydrogen) atoms. The van der Waals surface area contributed by atoms with Gasteiger partial charge in [0.2, 0.25) is 0 Å². The van der Waals surface area contributed by atoms with E-state index in [9.17, 15) is 4.79 Å². The molecule has 1 aromatic carbocycles. The van der Waals surface area contributed by atoms with E-state index >= 15 is 0 Å². The van der Waals surface area contributed by atoms with E-state index in [1.54, 1.807) is 23.2 Å². The zero-order valence-electron chi connectivity index (χ0n) is 11.9. The molecule has 2 aromatic rings. The molecule has 6 nitrogen and oxygen atoms in total. The number of amidine groups is 1. The number of rotatable bonds is 5. The van der Waals surface area contributed by atoms with Crippen molar-refractivity contribution in [2.45, 2.75) is 13.3 Å². The lowest BCUT2D eigenvalue weighted by atomic mass is 10.1. The van der Waals surface area contributed by atoms with Gasteiger partial charge in [0.05, 0.1) is 12.1 Å². The molecule has 0 aliphatic heterocycles. The summed E-state index contributed by atoms with van der Waals surface area (Å²) in [4.78, 5) is 18.3. The van der Waals surface area contributed by atoms with Crippen molar-refractivity contribution in [2.24, 2.45) is 10.9 Å². The average Bonchev–Trinajstić information content (AvgIpc) is 2.53. The van der Waals surface area contributed by atoms with Crippen molar-refractivity contribution in [3.8, 4) is 0 Å². The maximum absolute atomic E-state index is 12.5. The molecule has 0 saturated carbocycles. The van der Waals surface area contributed by atoms with Crippen LogP contribution in [0.2, 0.25) is 0 Å². The molecule has 0 radical (unpaired) electrons. The van der Waals surface area contributed by atoms with Crippen molar-refractivity contribution in [2.75, 3.05) is 13.1 Å². The Balaban J connectivity index is 2.29. The summed E-state index contributed by atoms with van der Waals surface area (Å²) >= 11 is 0. The first-order valence-electron chi connectivity index (χ1n) is 6.76. The van der Waals surface area contributed by atoms with Gasteiger partial charge >= 0.3 is 0 Å². The Labute approximate surface area is 122 Å². The molecule has 0 saturated heterocycles. The number of hydrogen-bond donors (Lipinski definition) is 2. The summed E-state index contributed by atoms with van der Waals surface area (Å²) in [5.41, 5.74) is 6.91. The van der Waals surface area contributed by atoms with Gasteiger partial charge < -0.3 is 15.8 Å². The predicted octanol–water partition coefficient (Wildman–Crippen LogP) is 1.83. The minimum absolute atomic E-state index is 0.0132. The standard InChI is InChI=1S/C15H18N4O2/c1-2-8-19(10-14(16)18-21)15(20)12-5-6-13-11(9-12)4-3-7-17-13/h3-7,9,21H,2,8,10H2,1H3,(H2,16,18). The third-order valence-electron chi connectivity index (χ3n) is 3.11. The lowest BCUT2D eigenvalue weighted by Crippen LogP contribution is -2.39. The number of carbonyl (C=O) groups is 1. The highest BCUT2D eigenvalue weighted by Gasteiger charge is 2.16. The Hall–Kier alpha value is -2.63. The molecule has 0 spiro atoms. The summed E-state index contributed by atoms with van der Waals surface area (Å²) in [6.07, 6.45) is 2.51. The molecule has 0 bridgehead atoms. The molecule has 0 aliphatic rings. The molecule has 3 N–H and O–H groups in total. The number of hydrogen-bond acceptors (Lipinski definition) is 4. The van der Waals surface area contributed by atoms with Crippen LogP contribution in [-0.2, 0) is 0 Å². The van der Waals surface area contributed by atoms with E-state index in [0.717, 1.165) is 17.3 Å². The first kappa shape index (κ1) is 14.8. The van der Waals surface area contributed by atoms with E-state index in [4.69, 9.17) is 10.9 Å². The summed E-state index contributed by atoms with van der Waals surface area (Å²) in [6, 6.07) is 9.10. The van der Waals surface area contributed by atoms with E-state index in [-0.39, 0.29) is 18.3 Å². The minimum Gasteiger partial charge on any atom is -0.409 e. The molecule has 2 rings (SSSR count). The molecular weight excluding hydrogens is 268 g/mol. The van der Waals surface area contributed by atoms with Gasteiger partial charge in [-0.1, -0.05) is 18.1 Å². The number of nitrogens with zero attached hydrogens (tertiary/aromatic N) is 3. The van der Waals surface area contributed by atoms with Crippen molar-refractivity contribution in [1.29, 1.82) is 0 Å². The third-order valence-corrected chi connectivity index (χ3v) is 3.11. The van der Waals surface area contributed by atoms with Gasteiger partial charge in [-0.3, -0.25) is 9.78 Å². The molecule has 0 unspecified atom stereocenters. The van der Waals surface area contributed by atoms with Gasteiger partial charge in [-0.25, -0.2) is 0 Å². The zero-order valence-corrected chi connectivity index (χ0v) is 11.9. The maximum atomic E-state index is 12.5. The molecular formula is C15H18N4O2. The lowest BCUT2D eigenvalue weighted by molar-refractivity contribution is 0.0778. The van der Waals surface area contributed by atoms with Crippen LogP contribution in [0.15, 0.2) is 41.7 Å². The van der Waals surface area contributed by atoms with E-state index in [1.807, 2.05) is 25.1 Å². The molecule has 1 aromatic heterocycles. The highest BCUT2D eigenvalue weighted by atomic mass is 16.4. The lowest BCUT2D eigenvalue weighted by Gasteiger charge is -2.21. The second-order valence-electron chi connectivity index (χ2n) is 4.73. The van der Waals surface area contributed by atoms with Crippen LogP contribution in [0.5, 0.6) is 0 Å². The minimum atomic E-state index is -0.144. The van der Waals surface area contributed by atoms with Crippen LogP contribution in [0.3, 0.4) is 0 Å². The normalized spacial score (nSPS) is 11.6. The van der Waals surface area contributed by atoms with E-state index in [1.165, 1.54) is 0 Å². The second kappa shape index (κ2) is 6.69. The van der Waals surface area contributed by atoms with Crippen molar-refractivity contribution < 1.29 is 10.0 Å². The first-order valence-corrected chi connectivity index (χ1v) is 6.76. The fraction of sp³-hybridized carbons (Fsp3) is 0.267. The van der Waals surface area contributed by atoms with Crippen LogP contribution < -0.4 is 5.73 Å². The van der Waals surface area contributed by atoms with Gasteiger partial charge in [0.25, 0.3) is 5.91 Å². The van der Waals surface area contributed by atoms with Crippen molar-refractivity contribution in [1.82, 2.24) is 9.88 Å². The number of carbonyl (C=O) groups excluding carboxylic acids is 1. The number of amides is 1. The fourth-order valence-corrected chi connectivity index (χ4v) is 2.14. The average molecular weight is 286 g/mol. The number of fused-ring (bicyclic) bond motifs is 1. The molecule has 1 amide bonds. The van der Waals surface area contributed by atoms with Crippen molar-refractivity contribution >= 4 is 22.6 Å².